The molecule has 3 heteroatoms. The van der Waals surface area contributed by atoms with Gasteiger partial charge in [0.15, 0.2) is 4.77 Å². The van der Waals surface area contributed by atoms with Gasteiger partial charge in [0.2, 0.25) is 0 Å². The topological polar surface area (TPSA) is 31.6 Å². The van der Waals surface area contributed by atoms with Crippen LogP contribution < -0.4 is 0 Å². The molecule has 1 aliphatic rings. The van der Waals surface area contributed by atoms with Gasteiger partial charge in [-0.1, -0.05) is 24.3 Å². The molecule has 0 saturated heterocycles. The lowest BCUT2D eigenvalue weighted by Gasteiger charge is -2.23. The van der Waals surface area contributed by atoms with Crippen molar-refractivity contribution in [1.29, 1.82) is 0 Å². The van der Waals surface area contributed by atoms with Crippen LogP contribution in [-0.4, -0.2) is 9.97 Å². The minimum Gasteiger partial charge on any atom is -0.337 e. The number of benzene rings is 1. The summed E-state index contributed by atoms with van der Waals surface area (Å²) in [5, 5.41) is 0. The van der Waals surface area contributed by atoms with Crippen LogP contribution in [0, 0.1) is 10.7 Å². The molecule has 17 heavy (non-hydrogen) atoms. The summed E-state index contributed by atoms with van der Waals surface area (Å²) in [4.78, 5) is 6.24. The Hall–Kier alpha value is -1.35. The van der Waals surface area contributed by atoms with Crippen LogP contribution in [0.3, 0.4) is 0 Å². The quantitative estimate of drug-likeness (QED) is 0.776. The van der Waals surface area contributed by atoms with Crippen molar-refractivity contribution in [3.8, 4) is 0 Å². The van der Waals surface area contributed by atoms with E-state index < -0.39 is 0 Å². The Bertz CT molecular complexity index is 577. The lowest BCUT2D eigenvalue weighted by molar-refractivity contribution is 0.452. The van der Waals surface area contributed by atoms with E-state index in [-0.39, 0.29) is 2.85 Å². The predicted molar refractivity (Wildman–Crippen MR) is 75.9 cm³/mol. The molecule has 0 fully saturated rings. The number of aromatic amines is 2. The molecule has 1 atom stereocenters. The van der Waals surface area contributed by atoms with E-state index in [1.54, 1.807) is 0 Å². The number of rotatable bonds is 2. The van der Waals surface area contributed by atoms with Gasteiger partial charge in [-0.15, -0.1) is 0 Å². The first-order valence-electron chi connectivity index (χ1n) is 6.14. The number of hydrogen-bond donors (Lipinski definition) is 2. The number of imidazole rings is 1. The van der Waals surface area contributed by atoms with Gasteiger partial charge in [-0.25, -0.2) is 0 Å². The maximum Gasteiger partial charge on any atom is 0.174 e. The van der Waals surface area contributed by atoms with Crippen molar-refractivity contribution in [2.45, 2.75) is 25.7 Å². The fourth-order valence-electron chi connectivity index (χ4n) is 2.74. The summed E-state index contributed by atoms with van der Waals surface area (Å²) in [5.41, 5.74) is 4.29. The van der Waals surface area contributed by atoms with E-state index in [0.29, 0.717) is 0 Å². The molecule has 92 valence electrons. The smallest absolute Gasteiger partial charge is 0.174 e. The Balaban J connectivity index is 0.000000902. The highest BCUT2D eigenvalue weighted by atomic mass is 32.1. The van der Waals surface area contributed by atoms with Crippen LogP contribution in [-0.2, 0) is 19.3 Å². The molecule has 0 radical (unpaired) electrons. The second-order valence-electron chi connectivity index (χ2n) is 4.85. The molecule has 0 unspecified atom stereocenters. The molecule has 3 rings (SSSR count). The van der Waals surface area contributed by atoms with Crippen molar-refractivity contribution in [2.75, 3.05) is 0 Å². The van der Waals surface area contributed by atoms with E-state index >= 15 is 0 Å². The molecule has 2 aromatic rings. The Morgan fingerprint density at radius 1 is 1.29 bits per heavy atom. The fraction of sp³-hybridized carbons (Fsp3) is 0.357. The van der Waals surface area contributed by atoms with E-state index in [9.17, 15) is 0 Å². The molecular weight excluding hydrogens is 228 g/mol. The van der Waals surface area contributed by atoms with Crippen molar-refractivity contribution in [3.63, 3.8) is 0 Å². The van der Waals surface area contributed by atoms with Gasteiger partial charge in [-0.05, 0) is 54.9 Å². The number of aromatic nitrogens is 2. The fourth-order valence-corrected chi connectivity index (χ4v) is 2.93. The van der Waals surface area contributed by atoms with Crippen LogP contribution in [0.2, 0.25) is 0 Å². The van der Waals surface area contributed by atoms with Crippen LogP contribution in [0.15, 0.2) is 30.5 Å². The molecule has 0 spiro atoms. The normalized spacial score (nSPS) is 18.9. The first kappa shape index (κ1) is 10.8. The zero-order valence-corrected chi connectivity index (χ0v) is 10.5. The molecule has 2 N–H and O–H groups in total. The van der Waals surface area contributed by atoms with Crippen LogP contribution in [0.25, 0.3) is 0 Å². The largest absolute Gasteiger partial charge is 0.337 e. The summed E-state index contributed by atoms with van der Waals surface area (Å²) in [7, 11) is 0. The summed E-state index contributed by atoms with van der Waals surface area (Å²) in [6.07, 6.45) is 6.79. The molecule has 0 bridgehead atoms. The molecule has 1 heterocycles. The Labute approximate surface area is 109 Å². The Morgan fingerprint density at radius 3 is 2.88 bits per heavy atom. The molecule has 0 amide bonds. The SMILES string of the molecule is S=c1[nH]cc(C[C@H]2CCc3ccccc3C2)[nH]1.[HH].[HH]. The number of H-pyrrole nitrogens is 2. The van der Waals surface area contributed by atoms with Crippen molar-refractivity contribution in [3.05, 3.63) is 52.1 Å². The average Bonchev–Trinajstić information content (AvgIpc) is 2.75. The molecule has 2 nitrogen and oxygen atoms in total. The van der Waals surface area contributed by atoms with Crippen molar-refractivity contribution < 1.29 is 2.85 Å². The van der Waals surface area contributed by atoms with Crippen molar-refractivity contribution in [2.24, 2.45) is 5.92 Å². The van der Waals surface area contributed by atoms with Crippen LogP contribution in [0.1, 0.15) is 26.1 Å². The molecule has 0 aliphatic heterocycles. The number of hydrogen-bond acceptors (Lipinski definition) is 1. The van der Waals surface area contributed by atoms with Crippen LogP contribution in [0.4, 0.5) is 0 Å². The molecule has 1 aliphatic carbocycles. The summed E-state index contributed by atoms with van der Waals surface area (Å²) in [6.45, 7) is 0. The summed E-state index contributed by atoms with van der Waals surface area (Å²) in [5.74, 6) is 0.742. The maximum atomic E-state index is 5.05. The Kier molecular flexibility index (Phi) is 2.85. The summed E-state index contributed by atoms with van der Waals surface area (Å²) < 4.78 is 0.733. The third-order valence-electron chi connectivity index (χ3n) is 3.61. The highest BCUT2D eigenvalue weighted by Gasteiger charge is 2.18. The first-order valence-corrected chi connectivity index (χ1v) is 6.55. The average molecular weight is 248 g/mol. The standard InChI is InChI=1S/C14H16N2S.2H2/c17-14-15-9-13(16-14)8-10-5-6-11-3-1-2-4-12(11)7-10;;/h1-4,9-10H,5-8H2,(H2,15,16,17);2*1H/t10-;;/m0../s1. The van der Waals surface area contributed by atoms with E-state index in [4.69, 9.17) is 12.2 Å². The minimum atomic E-state index is 0. The van der Waals surface area contributed by atoms with Crippen LogP contribution >= 0.6 is 12.2 Å². The monoisotopic (exact) mass is 248 g/mol. The lowest BCUT2D eigenvalue weighted by Crippen LogP contribution is -2.16. The molecule has 1 aromatic carbocycles. The number of aryl methyl sites for hydroxylation is 1. The van der Waals surface area contributed by atoms with E-state index in [1.165, 1.54) is 36.1 Å². The minimum absolute atomic E-state index is 0. The highest BCUT2D eigenvalue weighted by molar-refractivity contribution is 7.71. The molecule has 1 aromatic heterocycles. The number of fused-ring (bicyclic) bond motifs is 1. The van der Waals surface area contributed by atoms with Gasteiger partial charge in [0.25, 0.3) is 0 Å². The zero-order chi connectivity index (χ0) is 11.7. The third kappa shape index (κ3) is 2.34. The predicted octanol–water partition coefficient (Wildman–Crippen LogP) is 3.91. The van der Waals surface area contributed by atoms with Gasteiger partial charge in [-0.3, -0.25) is 0 Å². The van der Waals surface area contributed by atoms with E-state index in [1.807, 2.05) is 6.20 Å². The first-order chi connectivity index (χ1) is 8.31. The Morgan fingerprint density at radius 2 is 2.12 bits per heavy atom. The second-order valence-corrected chi connectivity index (χ2v) is 5.26. The molecule has 0 saturated carbocycles. The number of nitrogens with one attached hydrogen (secondary N) is 2. The lowest BCUT2D eigenvalue weighted by atomic mass is 9.82. The molecular formula is C14H20N2S. The van der Waals surface area contributed by atoms with Gasteiger partial charge in [0.1, 0.15) is 0 Å². The summed E-state index contributed by atoms with van der Waals surface area (Å²) in [6, 6.07) is 8.81. The van der Waals surface area contributed by atoms with Crippen molar-refractivity contribution in [1.82, 2.24) is 9.97 Å². The summed E-state index contributed by atoms with van der Waals surface area (Å²) >= 11 is 5.05. The van der Waals surface area contributed by atoms with Crippen LogP contribution in [0.5, 0.6) is 0 Å². The van der Waals surface area contributed by atoms with Gasteiger partial charge >= 0.3 is 0 Å². The van der Waals surface area contributed by atoms with E-state index in [0.717, 1.165) is 17.1 Å². The van der Waals surface area contributed by atoms with Gasteiger partial charge in [0.05, 0.1) is 0 Å². The zero-order valence-electron chi connectivity index (χ0n) is 9.70. The van der Waals surface area contributed by atoms with Gasteiger partial charge in [-0.2, -0.15) is 0 Å². The van der Waals surface area contributed by atoms with Crippen molar-refractivity contribution >= 4 is 12.2 Å². The second kappa shape index (κ2) is 4.49. The van der Waals surface area contributed by atoms with E-state index in [2.05, 4.69) is 34.2 Å². The van der Waals surface area contributed by atoms with Gasteiger partial charge in [0, 0.05) is 14.7 Å². The highest BCUT2D eigenvalue weighted by Crippen LogP contribution is 2.27. The third-order valence-corrected chi connectivity index (χ3v) is 3.83. The van der Waals surface area contributed by atoms with Gasteiger partial charge < -0.3 is 9.97 Å². The maximum absolute atomic E-state index is 5.05.